The van der Waals surface area contributed by atoms with Crippen LogP contribution < -0.4 is 15.9 Å². The highest BCUT2D eigenvalue weighted by atomic mass is 16.1. The van der Waals surface area contributed by atoms with Crippen molar-refractivity contribution >= 4 is 29.9 Å². The van der Waals surface area contributed by atoms with Gasteiger partial charge in [-0.3, -0.25) is 9.78 Å². The standard InChI is InChI=1S/C12H9N3O/c1-8-2-3-10-11(15-7-6-14-10)12(16)9(8)4-5-13/h2-7,13H,1H2/b9-4+,13-5?. The molecule has 0 radical (unpaired) electrons. The normalized spacial score (nSPS) is 11.6. The molecule has 0 unspecified atom stereocenters. The Morgan fingerprint density at radius 2 is 2.00 bits per heavy atom. The van der Waals surface area contributed by atoms with Gasteiger partial charge in [-0.05, 0) is 17.4 Å². The third-order valence-corrected chi connectivity index (χ3v) is 2.22. The summed E-state index contributed by atoms with van der Waals surface area (Å²) in [5.41, 5.74) is 0.578. The molecule has 1 aromatic heterocycles. The van der Waals surface area contributed by atoms with Crippen molar-refractivity contribution < 1.29 is 0 Å². The van der Waals surface area contributed by atoms with Gasteiger partial charge in [-0.15, -0.1) is 0 Å². The molecule has 0 amide bonds. The van der Waals surface area contributed by atoms with Crippen molar-refractivity contribution in [2.24, 2.45) is 0 Å². The molecular weight excluding hydrogens is 202 g/mol. The Morgan fingerprint density at radius 1 is 1.25 bits per heavy atom. The van der Waals surface area contributed by atoms with Crippen LogP contribution in [0.25, 0.3) is 23.7 Å². The Balaban J connectivity index is 3.18. The number of fused-ring (bicyclic) bond motifs is 1. The second kappa shape index (κ2) is 4.02. The maximum Gasteiger partial charge on any atom is 0.214 e. The van der Waals surface area contributed by atoms with E-state index < -0.39 is 0 Å². The molecule has 0 spiro atoms. The number of hydrogen-bond donors (Lipinski definition) is 1. The van der Waals surface area contributed by atoms with Gasteiger partial charge in [-0.25, -0.2) is 4.98 Å². The number of rotatable bonds is 1. The number of hydrogen-bond acceptors (Lipinski definition) is 4. The van der Waals surface area contributed by atoms with Gasteiger partial charge in [0.1, 0.15) is 5.52 Å². The summed E-state index contributed by atoms with van der Waals surface area (Å²) < 4.78 is 0. The van der Waals surface area contributed by atoms with E-state index in [-0.39, 0.29) is 5.43 Å². The average Bonchev–Trinajstić information content (AvgIpc) is 2.42. The topological polar surface area (TPSA) is 66.7 Å². The predicted octanol–water partition coefficient (Wildman–Crippen LogP) is -0.170. The molecule has 4 heteroatoms. The van der Waals surface area contributed by atoms with Crippen molar-refractivity contribution in [3.05, 3.63) is 45.2 Å². The molecule has 2 rings (SSSR count). The first-order valence-corrected chi connectivity index (χ1v) is 4.68. The molecule has 1 N–H and O–H groups in total. The van der Waals surface area contributed by atoms with E-state index in [9.17, 15) is 4.79 Å². The molecule has 0 saturated heterocycles. The van der Waals surface area contributed by atoms with Gasteiger partial charge >= 0.3 is 0 Å². The van der Waals surface area contributed by atoms with Gasteiger partial charge in [-0.1, -0.05) is 12.6 Å². The van der Waals surface area contributed by atoms with Crippen molar-refractivity contribution in [1.29, 1.82) is 5.41 Å². The molecule has 0 fully saturated rings. The molecule has 0 bridgehead atoms. The van der Waals surface area contributed by atoms with Crippen molar-refractivity contribution in [2.45, 2.75) is 0 Å². The first kappa shape index (κ1) is 10.2. The summed E-state index contributed by atoms with van der Waals surface area (Å²) in [6.45, 7) is 3.77. The molecule has 0 saturated carbocycles. The lowest BCUT2D eigenvalue weighted by molar-refractivity contribution is 1.29. The van der Waals surface area contributed by atoms with Gasteiger partial charge in [0, 0.05) is 23.8 Å². The summed E-state index contributed by atoms with van der Waals surface area (Å²) in [6.07, 6.45) is 5.48. The molecule has 0 atom stereocenters. The van der Waals surface area contributed by atoms with E-state index in [0.29, 0.717) is 21.5 Å². The van der Waals surface area contributed by atoms with E-state index in [1.54, 1.807) is 12.1 Å². The summed E-state index contributed by atoms with van der Waals surface area (Å²) in [4.78, 5) is 20.1. The Kier molecular flexibility index (Phi) is 2.55. The molecule has 4 nitrogen and oxygen atoms in total. The van der Waals surface area contributed by atoms with Crippen LogP contribution in [0, 0.1) is 5.41 Å². The zero-order valence-corrected chi connectivity index (χ0v) is 8.47. The van der Waals surface area contributed by atoms with E-state index in [2.05, 4.69) is 16.5 Å². The Morgan fingerprint density at radius 3 is 2.75 bits per heavy atom. The molecule has 1 heterocycles. The molecular formula is C12H9N3O. The fourth-order valence-corrected chi connectivity index (χ4v) is 1.45. The summed E-state index contributed by atoms with van der Waals surface area (Å²) in [5.74, 6) is 0. The SMILES string of the molecule is C=c1ccc2nccnc2c(=O)/c1=C/C=N. The number of nitrogens with one attached hydrogen (secondary N) is 1. The van der Waals surface area contributed by atoms with Crippen LogP contribution in [0.1, 0.15) is 0 Å². The third-order valence-electron chi connectivity index (χ3n) is 2.22. The summed E-state index contributed by atoms with van der Waals surface area (Å²) in [5, 5.41) is 7.96. The lowest BCUT2D eigenvalue weighted by atomic mass is 10.3. The predicted molar refractivity (Wildman–Crippen MR) is 63.8 cm³/mol. The van der Waals surface area contributed by atoms with Gasteiger partial charge in [0.2, 0.25) is 5.43 Å². The second-order valence-electron chi connectivity index (χ2n) is 3.22. The van der Waals surface area contributed by atoms with Crippen molar-refractivity contribution in [2.75, 3.05) is 0 Å². The van der Waals surface area contributed by atoms with E-state index in [4.69, 9.17) is 5.41 Å². The molecule has 2 aromatic rings. The highest BCUT2D eigenvalue weighted by Crippen LogP contribution is 1.96. The average molecular weight is 211 g/mol. The Labute approximate surface area is 91.1 Å². The highest BCUT2D eigenvalue weighted by molar-refractivity contribution is 5.89. The van der Waals surface area contributed by atoms with Gasteiger partial charge < -0.3 is 5.41 Å². The lowest BCUT2D eigenvalue weighted by Crippen LogP contribution is -2.35. The van der Waals surface area contributed by atoms with Crippen LogP contribution in [0.2, 0.25) is 0 Å². The molecule has 1 aromatic carbocycles. The van der Waals surface area contributed by atoms with E-state index in [0.717, 1.165) is 6.21 Å². The monoisotopic (exact) mass is 211 g/mol. The molecule has 0 aliphatic carbocycles. The second-order valence-corrected chi connectivity index (χ2v) is 3.22. The Bertz CT molecular complexity index is 722. The minimum Gasteiger partial charge on any atom is -0.309 e. The minimum absolute atomic E-state index is 0.249. The molecule has 78 valence electrons. The lowest BCUT2D eigenvalue weighted by Gasteiger charge is -1.86. The number of aromatic nitrogens is 2. The maximum absolute atomic E-state index is 12.1. The molecule has 0 aliphatic rings. The zero-order valence-electron chi connectivity index (χ0n) is 8.47. The van der Waals surface area contributed by atoms with Crippen LogP contribution in [-0.2, 0) is 0 Å². The van der Waals surface area contributed by atoms with Crippen LogP contribution in [0.3, 0.4) is 0 Å². The van der Waals surface area contributed by atoms with Crippen molar-refractivity contribution in [1.82, 2.24) is 9.97 Å². The van der Waals surface area contributed by atoms with Gasteiger partial charge in [0.15, 0.2) is 0 Å². The minimum atomic E-state index is -0.249. The fraction of sp³-hybridized carbons (Fsp3) is 0. The largest absolute Gasteiger partial charge is 0.309 e. The van der Waals surface area contributed by atoms with Gasteiger partial charge in [0.25, 0.3) is 0 Å². The van der Waals surface area contributed by atoms with E-state index >= 15 is 0 Å². The van der Waals surface area contributed by atoms with Gasteiger partial charge in [-0.2, -0.15) is 0 Å². The Hall–Kier alpha value is -2.36. The highest BCUT2D eigenvalue weighted by Gasteiger charge is 1.99. The van der Waals surface area contributed by atoms with Crippen LogP contribution in [0.15, 0.2) is 29.3 Å². The maximum atomic E-state index is 12.1. The van der Waals surface area contributed by atoms with Crippen LogP contribution in [-0.4, -0.2) is 16.2 Å². The van der Waals surface area contributed by atoms with Gasteiger partial charge in [0.05, 0.1) is 5.52 Å². The van der Waals surface area contributed by atoms with Crippen molar-refractivity contribution in [3.8, 4) is 0 Å². The zero-order chi connectivity index (χ0) is 11.5. The summed E-state index contributed by atoms with van der Waals surface area (Å²) >= 11 is 0. The van der Waals surface area contributed by atoms with Crippen molar-refractivity contribution in [3.63, 3.8) is 0 Å². The number of nitrogens with zero attached hydrogens (tertiary/aromatic N) is 2. The van der Waals surface area contributed by atoms with Crippen LogP contribution >= 0.6 is 0 Å². The van der Waals surface area contributed by atoms with E-state index in [1.807, 2.05) is 0 Å². The summed E-state index contributed by atoms with van der Waals surface area (Å²) in [7, 11) is 0. The molecule has 16 heavy (non-hydrogen) atoms. The van der Waals surface area contributed by atoms with Crippen LogP contribution in [0.5, 0.6) is 0 Å². The smallest absolute Gasteiger partial charge is 0.214 e. The van der Waals surface area contributed by atoms with E-state index in [1.165, 1.54) is 18.5 Å². The van der Waals surface area contributed by atoms with Crippen LogP contribution in [0.4, 0.5) is 0 Å². The first-order chi connectivity index (χ1) is 7.74. The molecule has 0 aliphatic heterocycles. The first-order valence-electron chi connectivity index (χ1n) is 4.68. The quantitative estimate of drug-likeness (QED) is 0.666. The fourth-order valence-electron chi connectivity index (χ4n) is 1.45. The third kappa shape index (κ3) is 1.61. The summed E-state index contributed by atoms with van der Waals surface area (Å²) in [6, 6.07) is 3.40.